The van der Waals surface area contributed by atoms with E-state index in [0.29, 0.717) is 0 Å². The Morgan fingerprint density at radius 1 is 1.17 bits per heavy atom. The van der Waals surface area contributed by atoms with Gasteiger partial charge < -0.3 is 4.42 Å². The Kier molecular flexibility index (Phi) is 4.93. The average molecular weight is 393 g/mol. The lowest BCUT2D eigenvalue weighted by Gasteiger charge is -2.30. The SMILES string of the molecule is Clc1cccc(C(CBr)(CBr)Cc2ccoc2)c1. The topological polar surface area (TPSA) is 13.1 Å². The van der Waals surface area contributed by atoms with Crippen molar-refractivity contribution >= 4 is 43.5 Å². The third-order valence-corrected chi connectivity index (χ3v) is 5.45. The van der Waals surface area contributed by atoms with Crippen LogP contribution in [0.5, 0.6) is 0 Å². The van der Waals surface area contributed by atoms with E-state index in [2.05, 4.69) is 37.9 Å². The van der Waals surface area contributed by atoms with Crippen molar-refractivity contribution in [2.24, 2.45) is 0 Å². The Hall–Kier alpha value is -0.250. The standard InChI is InChI=1S/C14H13Br2ClO/c15-9-14(10-16,7-11-4-5-18-8-11)12-2-1-3-13(17)6-12/h1-6,8H,7,9-10H2. The molecular formula is C14H13Br2ClO. The minimum atomic E-state index is -0.0191. The van der Waals surface area contributed by atoms with Crippen LogP contribution in [0.25, 0.3) is 0 Å². The Morgan fingerprint density at radius 2 is 1.94 bits per heavy atom. The third-order valence-electron chi connectivity index (χ3n) is 3.07. The van der Waals surface area contributed by atoms with E-state index in [-0.39, 0.29) is 5.41 Å². The van der Waals surface area contributed by atoms with Crippen LogP contribution < -0.4 is 0 Å². The lowest BCUT2D eigenvalue weighted by Crippen LogP contribution is -2.32. The van der Waals surface area contributed by atoms with E-state index < -0.39 is 0 Å². The molecule has 1 heterocycles. The summed E-state index contributed by atoms with van der Waals surface area (Å²) in [4.78, 5) is 0. The van der Waals surface area contributed by atoms with Crippen LogP contribution in [0.2, 0.25) is 5.02 Å². The van der Waals surface area contributed by atoms with Crippen molar-refractivity contribution in [3.8, 4) is 0 Å². The first-order valence-corrected chi connectivity index (χ1v) is 8.21. The van der Waals surface area contributed by atoms with Gasteiger partial charge in [0.1, 0.15) is 0 Å². The second-order valence-corrected chi connectivity index (χ2v) is 5.92. The van der Waals surface area contributed by atoms with E-state index in [1.165, 1.54) is 11.1 Å². The van der Waals surface area contributed by atoms with E-state index in [9.17, 15) is 0 Å². The first-order valence-electron chi connectivity index (χ1n) is 5.59. The highest BCUT2D eigenvalue weighted by atomic mass is 79.9. The summed E-state index contributed by atoms with van der Waals surface area (Å²) in [5.41, 5.74) is 2.40. The molecule has 18 heavy (non-hydrogen) atoms. The average Bonchev–Trinajstić information content (AvgIpc) is 2.89. The van der Waals surface area contributed by atoms with E-state index in [4.69, 9.17) is 16.0 Å². The Balaban J connectivity index is 2.37. The molecule has 0 spiro atoms. The van der Waals surface area contributed by atoms with Gasteiger partial charge in [0.05, 0.1) is 12.5 Å². The molecule has 2 aromatic rings. The molecule has 0 aliphatic rings. The summed E-state index contributed by atoms with van der Waals surface area (Å²) in [5, 5.41) is 2.49. The van der Waals surface area contributed by atoms with Gasteiger partial charge in [-0.3, -0.25) is 0 Å². The Labute approximate surface area is 129 Å². The minimum absolute atomic E-state index is 0.0191. The van der Waals surface area contributed by atoms with E-state index >= 15 is 0 Å². The summed E-state index contributed by atoms with van der Waals surface area (Å²) in [6.07, 6.45) is 4.41. The summed E-state index contributed by atoms with van der Waals surface area (Å²) in [6.45, 7) is 0. The smallest absolute Gasteiger partial charge is 0.0934 e. The van der Waals surface area contributed by atoms with Gasteiger partial charge >= 0.3 is 0 Å². The van der Waals surface area contributed by atoms with Crippen LogP contribution in [-0.2, 0) is 11.8 Å². The van der Waals surface area contributed by atoms with E-state index in [1.54, 1.807) is 12.5 Å². The predicted molar refractivity (Wildman–Crippen MR) is 83.1 cm³/mol. The number of hydrogen-bond acceptors (Lipinski definition) is 1. The molecule has 0 atom stereocenters. The highest BCUT2D eigenvalue weighted by Gasteiger charge is 2.31. The van der Waals surface area contributed by atoms with Gasteiger partial charge in [0.15, 0.2) is 0 Å². The number of rotatable bonds is 5. The zero-order valence-corrected chi connectivity index (χ0v) is 13.6. The molecule has 1 aromatic carbocycles. The van der Waals surface area contributed by atoms with Gasteiger partial charge in [-0.1, -0.05) is 55.6 Å². The fourth-order valence-electron chi connectivity index (χ4n) is 1.99. The van der Waals surface area contributed by atoms with Crippen molar-refractivity contribution in [1.29, 1.82) is 0 Å². The third kappa shape index (κ3) is 3.01. The molecule has 0 aliphatic carbocycles. The first kappa shape index (κ1) is 14.2. The number of furan rings is 1. The van der Waals surface area contributed by atoms with Crippen LogP contribution in [0.3, 0.4) is 0 Å². The zero-order chi connectivity index (χ0) is 13.0. The number of hydrogen-bond donors (Lipinski definition) is 0. The molecule has 0 fully saturated rings. The van der Waals surface area contributed by atoms with E-state index in [0.717, 1.165) is 22.1 Å². The number of benzene rings is 1. The van der Waals surface area contributed by atoms with Crippen LogP contribution in [-0.4, -0.2) is 10.7 Å². The van der Waals surface area contributed by atoms with Crippen LogP contribution in [0.15, 0.2) is 47.3 Å². The molecule has 0 bridgehead atoms. The second kappa shape index (κ2) is 6.27. The van der Waals surface area contributed by atoms with Gasteiger partial charge in [-0.15, -0.1) is 0 Å². The minimum Gasteiger partial charge on any atom is -0.472 e. The van der Waals surface area contributed by atoms with Gasteiger partial charge in [-0.2, -0.15) is 0 Å². The zero-order valence-electron chi connectivity index (χ0n) is 9.70. The molecule has 2 rings (SSSR count). The summed E-state index contributed by atoms with van der Waals surface area (Å²) >= 11 is 13.4. The van der Waals surface area contributed by atoms with Crippen molar-refractivity contribution in [2.75, 3.05) is 10.7 Å². The molecular weight excluding hydrogens is 379 g/mol. The fraction of sp³-hybridized carbons (Fsp3) is 0.286. The van der Waals surface area contributed by atoms with Gasteiger partial charge in [0, 0.05) is 21.1 Å². The molecule has 1 aromatic heterocycles. The second-order valence-electron chi connectivity index (χ2n) is 4.37. The fourth-order valence-corrected chi connectivity index (χ4v) is 4.15. The Bertz CT molecular complexity index is 492. The lowest BCUT2D eigenvalue weighted by molar-refractivity contribution is 0.532. The lowest BCUT2D eigenvalue weighted by atomic mass is 9.79. The first-order chi connectivity index (χ1) is 8.70. The van der Waals surface area contributed by atoms with Gasteiger partial charge in [-0.25, -0.2) is 0 Å². The molecule has 4 heteroatoms. The Morgan fingerprint density at radius 3 is 2.50 bits per heavy atom. The summed E-state index contributed by atoms with van der Waals surface area (Å²) in [7, 11) is 0. The van der Waals surface area contributed by atoms with Gasteiger partial charge in [0.25, 0.3) is 0 Å². The van der Waals surface area contributed by atoms with Crippen LogP contribution >= 0.6 is 43.5 Å². The van der Waals surface area contributed by atoms with Crippen LogP contribution in [0.1, 0.15) is 11.1 Å². The number of alkyl halides is 2. The summed E-state index contributed by atoms with van der Waals surface area (Å²) < 4.78 is 5.15. The maximum Gasteiger partial charge on any atom is 0.0934 e. The van der Waals surface area contributed by atoms with Crippen molar-refractivity contribution in [2.45, 2.75) is 11.8 Å². The normalized spacial score (nSPS) is 11.7. The predicted octanol–water partition coefficient (Wildman–Crippen LogP) is 5.20. The molecule has 1 nitrogen and oxygen atoms in total. The molecule has 0 N–H and O–H groups in total. The van der Waals surface area contributed by atoms with Crippen molar-refractivity contribution < 1.29 is 4.42 Å². The van der Waals surface area contributed by atoms with Crippen LogP contribution in [0, 0.1) is 0 Å². The molecule has 0 aliphatic heterocycles. The van der Waals surface area contributed by atoms with Crippen molar-refractivity contribution in [3.63, 3.8) is 0 Å². The summed E-state index contributed by atoms with van der Waals surface area (Å²) in [6, 6.07) is 10.0. The molecule has 0 amide bonds. The maximum absolute atomic E-state index is 6.10. The van der Waals surface area contributed by atoms with Gasteiger partial charge in [-0.05, 0) is 35.7 Å². The molecule has 0 unspecified atom stereocenters. The highest BCUT2D eigenvalue weighted by Crippen LogP contribution is 2.34. The summed E-state index contributed by atoms with van der Waals surface area (Å²) in [5.74, 6) is 0. The monoisotopic (exact) mass is 390 g/mol. The number of halogens is 3. The van der Waals surface area contributed by atoms with Crippen LogP contribution in [0.4, 0.5) is 0 Å². The van der Waals surface area contributed by atoms with E-state index in [1.807, 2.05) is 24.3 Å². The largest absolute Gasteiger partial charge is 0.472 e. The van der Waals surface area contributed by atoms with Crippen molar-refractivity contribution in [1.82, 2.24) is 0 Å². The van der Waals surface area contributed by atoms with Crippen molar-refractivity contribution in [3.05, 3.63) is 59.0 Å². The quantitative estimate of drug-likeness (QED) is 0.637. The molecule has 0 saturated heterocycles. The molecule has 0 saturated carbocycles. The molecule has 0 radical (unpaired) electrons. The highest BCUT2D eigenvalue weighted by molar-refractivity contribution is 9.09. The maximum atomic E-state index is 6.10. The van der Waals surface area contributed by atoms with Gasteiger partial charge in [0.2, 0.25) is 0 Å². The molecule has 96 valence electrons.